The zero-order valence-electron chi connectivity index (χ0n) is 13.9. The van der Waals surface area contributed by atoms with E-state index in [1.54, 1.807) is 12.3 Å². The summed E-state index contributed by atoms with van der Waals surface area (Å²) in [7, 11) is 1.37. The van der Waals surface area contributed by atoms with Crippen LogP contribution in [0.1, 0.15) is 40.6 Å². The Kier molecular flexibility index (Phi) is 3.97. The van der Waals surface area contributed by atoms with E-state index in [4.69, 9.17) is 4.74 Å². The number of ether oxygens (including phenoxy) is 1. The van der Waals surface area contributed by atoms with Crippen LogP contribution in [0.4, 0.5) is 5.69 Å². The van der Waals surface area contributed by atoms with Crippen molar-refractivity contribution < 1.29 is 9.53 Å². The summed E-state index contributed by atoms with van der Waals surface area (Å²) in [6, 6.07) is 9.76. The number of hydrogen-bond acceptors (Lipinski definition) is 5. The fraction of sp³-hybridized carbons (Fsp3) is 0.278. The summed E-state index contributed by atoms with van der Waals surface area (Å²) in [6.45, 7) is 0.596. The molecule has 1 fully saturated rings. The molecule has 4 rings (SSSR count). The SMILES string of the molecule is COC(=O)c1cc(CNc2cccc(-c3n[nH]c(C4CC4)n3)c2)c[nH]1. The molecule has 0 amide bonds. The number of rotatable bonds is 6. The van der Waals surface area contributed by atoms with E-state index in [9.17, 15) is 4.79 Å². The van der Waals surface area contributed by atoms with Gasteiger partial charge in [0.25, 0.3) is 0 Å². The Labute approximate surface area is 144 Å². The summed E-state index contributed by atoms with van der Waals surface area (Å²) in [4.78, 5) is 19.0. The zero-order chi connectivity index (χ0) is 17.2. The minimum Gasteiger partial charge on any atom is -0.464 e. The topological polar surface area (TPSA) is 95.7 Å². The first-order valence-corrected chi connectivity index (χ1v) is 8.25. The number of nitrogens with one attached hydrogen (secondary N) is 3. The molecule has 7 nitrogen and oxygen atoms in total. The summed E-state index contributed by atoms with van der Waals surface area (Å²) in [5.41, 5.74) is 3.36. The van der Waals surface area contributed by atoms with Crippen molar-refractivity contribution >= 4 is 11.7 Å². The summed E-state index contributed by atoms with van der Waals surface area (Å²) < 4.78 is 4.69. The van der Waals surface area contributed by atoms with Gasteiger partial charge in [-0.25, -0.2) is 9.78 Å². The maximum absolute atomic E-state index is 11.5. The Morgan fingerprint density at radius 2 is 2.24 bits per heavy atom. The van der Waals surface area contributed by atoms with E-state index < -0.39 is 0 Å². The van der Waals surface area contributed by atoms with Gasteiger partial charge in [0.05, 0.1) is 7.11 Å². The number of benzene rings is 1. The first kappa shape index (κ1) is 15.4. The number of H-pyrrole nitrogens is 2. The fourth-order valence-corrected chi connectivity index (χ4v) is 2.68. The van der Waals surface area contributed by atoms with Gasteiger partial charge in [-0.3, -0.25) is 5.10 Å². The van der Waals surface area contributed by atoms with Gasteiger partial charge >= 0.3 is 5.97 Å². The van der Waals surface area contributed by atoms with Gasteiger partial charge in [0.1, 0.15) is 11.5 Å². The maximum atomic E-state index is 11.5. The first-order valence-electron chi connectivity index (χ1n) is 8.25. The van der Waals surface area contributed by atoms with Crippen LogP contribution in [-0.4, -0.2) is 33.2 Å². The quantitative estimate of drug-likeness (QED) is 0.601. The summed E-state index contributed by atoms with van der Waals surface area (Å²) >= 11 is 0. The van der Waals surface area contributed by atoms with Crippen LogP contribution in [0.25, 0.3) is 11.4 Å². The second-order valence-electron chi connectivity index (χ2n) is 6.17. The monoisotopic (exact) mass is 337 g/mol. The van der Waals surface area contributed by atoms with Crippen molar-refractivity contribution in [1.82, 2.24) is 20.2 Å². The molecule has 3 aromatic rings. The van der Waals surface area contributed by atoms with E-state index in [1.807, 2.05) is 24.3 Å². The fourth-order valence-electron chi connectivity index (χ4n) is 2.68. The minimum atomic E-state index is -0.371. The van der Waals surface area contributed by atoms with Crippen LogP contribution < -0.4 is 5.32 Å². The molecule has 1 aliphatic carbocycles. The van der Waals surface area contributed by atoms with E-state index in [0.717, 1.165) is 28.5 Å². The molecule has 2 heterocycles. The van der Waals surface area contributed by atoms with Gasteiger partial charge in [0.2, 0.25) is 0 Å². The average Bonchev–Trinajstić information content (AvgIpc) is 3.19. The van der Waals surface area contributed by atoms with Crippen LogP contribution in [0.15, 0.2) is 36.5 Å². The highest BCUT2D eigenvalue weighted by molar-refractivity contribution is 5.87. The van der Waals surface area contributed by atoms with E-state index in [2.05, 4.69) is 25.5 Å². The van der Waals surface area contributed by atoms with Crippen LogP contribution in [0, 0.1) is 0 Å². The molecule has 0 saturated heterocycles. The Bertz CT molecular complexity index is 894. The highest BCUT2D eigenvalue weighted by atomic mass is 16.5. The third-order valence-corrected chi connectivity index (χ3v) is 4.23. The molecule has 0 spiro atoms. The van der Waals surface area contributed by atoms with Crippen molar-refractivity contribution in [2.24, 2.45) is 0 Å². The molecule has 0 atom stereocenters. The van der Waals surface area contributed by atoms with Gasteiger partial charge in [0.15, 0.2) is 5.82 Å². The number of anilines is 1. The third-order valence-electron chi connectivity index (χ3n) is 4.23. The Morgan fingerprint density at radius 3 is 3.04 bits per heavy atom. The first-order chi connectivity index (χ1) is 12.2. The largest absolute Gasteiger partial charge is 0.464 e. The lowest BCUT2D eigenvalue weighted by Crippen LogP contribution is -2.01. The van der Waals surface area contributed by atoms with Crippen LogP contribution >= 0.6 is 0 Å². The third kappa shape index (κ3) is 3.40. The molecule has 3 N–H and O–H groups in total. The van der Waals surface area contributed by atoms with Crippen molar-refractivity contribution in [3.8, 4) is 11.4 Å². The number of aromatic amines is 2. The van der Waals surface area contributed by atoms with Crippen molar-refractivity contribution in [2.75, 3.05) is 12.4 Å². The molecule has 0 bridgehead atoms. The van der Waals surface area contributed by atoms with Crippen LogP contribution in [0.2, 0.25) is 0 Å². The minimum absolute atomic E-state index is 0.371. The lowest BCUT2D eigenvalue weighted by molar-refractivity contribution is 0.0595. The smallest absolute Gasteiger partial charge is 0.354 e. The van der Waals surface area contributed by atoms with E-state index in [-0.39, 0.29) is 5.97 Å². The normalized spacial score (nSPS) is 13.6. The van der Waals surface area contributed by atoms with Gasteiger partial charge < -0.3 is 15.0 Å². The molecule has 2 aromatic heterocycles. The number of hydrogen-bond donors (Lipinski definition) is 3. The second-order valence-corrected chi connectivity index (χ2v) is 6.17. The van der Waals surface area contributed by atoms with Crippen molar-refractivity contribution in [1.29, 1.82) is 0 Å². The number of carbonyl (C=O) groups excluding carboxylic acids is 1. The highest BCUT2D eigenvalue weighted by Gasteiger charge is 2.27. The predicted octanol–water partition coefficient (Wildman–Crippen LogP) is 3.08. The molecule has 0 radical (unpaired) electrons. The van der Waals surface area contributed by atoms with Crippen LogP contribution in [-0.2, 0) is 11.3 Å². The summed E-state index contributed by atoms with van der Waals surface area (Å²) in [5.74, 6) is 1.89. The predicted molar refractivity (Wildman–Crippen MR) is 93.3 cm³/mol. The average molecular weight is 337 g/mol. The van der Waals surface area contributed by atoms with Crippen molar-refractivity contribution in [3.63, 3.8) is 0 Å². The Hall–Kier alpha value is -3.09. The molecule has 7 heteroatoms. The Balaban J connectivity index is 1.44. The molecule has 128 valence electrons. The standard InChI is InChI=1S/C18H19N5O2/c1-25-18(24)15-7-11(10-20-15)9-19-14-4-2-3-13(8-14)17-21-16(22-23-17)12-5-6-12/h2-4,7-8,10,12,19-20H,5-6,9H2,1H3,(H,21,22,23). The van der Waals surface area contributed by atoms with E-state index in [0.29, 0.717) is 18.2 Å². The number of aromatic nitrogens is 4. The Morgan fingerprint density at radius 1 is 1.36 bits per heavy atom. The van der Waals surface area contributed by atoms with Gasteiger partial charge in [0, 0.05) is 29.9 Å². The molecule has 25 heavy (non-hydrogen) atoms. The number of nitrogens with zero attached hydrogens (tertiary/aromatic N) is 2. The van der Waals surface area contributed by atoms with Crippen molar-refractivity contribution in [3.05, 3.63) is 53.6 Å². The lowest BCUT2D eigenvalue weighted by Gasteiger charge is -2.06. The van der Waals surface area contributed by atoms with Gasteiger partial charge in [-0.15, -0.1) is 0 Å². The second kappa shape index (κ2) is 6.43. The molecule has 0 aliphatic heterocycles. The molecular weight excluding hydrogens is 318 g/mol. The highest BCUT2D eigenvalue weighted by Crippen LogP contribution is 2.38. The molecule has 0 unspecified atom stereocenters. The van der Waals surface area contributed by atoms with Crippen molar-refractivity contribution in [2.45, 2.75) is 25.3 Å². The van der Waals surface area contributed by atoms with Crippen LogP contribution in [0.5, 0.6) is 0 Å². The molecule has 1 aliphatic rings. The van der Waals surface area contributed by atoms with E-state index >= 15 is 0 Å². The summed E-state index contributed by atoms with van der Waals surface area (Å²) in [5, 5.41) is 10.7. The molecular formula is C18H19N5O2. The van der Waals surface area contributed by atoms with Gasteiger partial charge in [-0.05, 0) is 36.6 Å². The number of esters is 1. The molecule has 1 saturated carbocycles. The maximum Gasteiger partial charge on any atom is 0.354 e. The lowest BCUT2D eigenvalue weighted by atomic mass is 10.2. The van der Waals surface area contributed by atoms with Gasteiger partial charge in [-0.1, -0.05) is 12.1 Å². The summed E-state index contributed by atoms with van der Waals surface area (Å²) in [6.07, 6.45) is 4.18. The van der Waals surface area contributed by atoms with Crippen LogP contribution in [0.3, 0.4) is 0 Å². The number of carbonyl (C=O) groups is 1. The van der Waals surface area contributed by atoms with Gasteiger partial charge in [-0.2, -0.15) is 5.10 Å². The molecule has 1 aromatic carbocycles. The number of methoxy groups -OCH3 is 1. The van der Waals surface area contributed by atoms with E-state index in [1.165, 1.54) is 20.0 Å². The zero-order valence-corrected chi connectivity index (χ0v) is 13.9.